The number of rotatable bonds is 6. The fourth-order valence-electron chi connectivity index (χ4n) is 1.99. The lowest BCUT2D eigenvalue weighted by Crippen LogP contribution is -2.37. The van der Waals surface area contributed by atoms with E-state index in [1.807, 2.05) is 13.8 Å². The van der Waals surface area contributed by atoms with Crippen LogP contribution in [0.5, 0.6) is 0 Å². The Balaban J connectivity index is 2.41. The largest absolute Gasteiger partial charge is 0.355 e. The van der Waals surface area contributed by atoms with Crippen LogP contribution >= 0.6 is 0 Å². The zero-order valence-corrected chi connectivity index (χ0v) is 12.8. The highest BCUT2D eigenvalue weighted by Gasteiger charge is 2.04. The molecule has 1 amide bonds. The highest BCUT2D eigenvalue weighted by atomic mass is 16.1. The van der Waals surface area contributed by atoms with Crippen LogP contribution in [0, 0.1) is 20.8 Å². The first kappa shape index (κ1) is 15.7. The fraction of sp³-hybridized carbons (Fsp3) is 0.562. The summed E-state index contributed by atoms with van der Waals surface area (Å²) in [7, 11) is 0. The summed E-state index contributed by atoms with van der Waals surface area (Å²) in [5, 5.41) is 6.06. The third kappa shape index (κ3) is 5.43. The number of benzene rings is 1. The van der Waals surface area contributed by atoms with Crippen molar-refractivity contribution in [3.8, 4) is 0 Å². The van der Waals surface area contributed by atoms with Crippen molar-refractivity contribution < 1.29 is 4.79 Å². The fourth-order valence-corrected chi connectivity index (χ4v) is 1.99. The molecular formula is C16H26N2O. The number of carbonyl (C=O) groups excluding carboxylic acids is 1. The summed E-state index contributed by atoms with van der Waals surface area (Å²) in [4.78, 5) is 11.6. The van der Waals surface area contributed by atoms with Gasteiger partial charge in [-0.05, 0) is 49.4 Å². The van der Waals surface area contributed by atoms with Gasteiger partial charge in [0.15, 0.2) is 0 Å². The molecule has 0 radical (unpaired) electrons. The number of nitrogens with one attached hydrogen (secondary N) is 2. The number of hydrogen-bond donors (Lipinski definition) is 2. The molecule has 1 rings (SSSR count). The van der Waals surface area contributed by atoms with Crippen molar-refractivity contribution in [3.63, 3.8) is 0 Å². The van der Waals surface area contributed by atoms with Gasteiger partial charge >= 0.3 is 0 Å². The van der Waals surface area contributed by atoms with Crippen molar-refractivity contribution in [2.75, 3.05) is 13.1 Å². The van der Waals surface area contributed by atoms with E-state index >= 15 is 0 Å². The Hall–Kier alpha value is -1.35. The van der Waals surface area contributed by atoms with Gasteiger partial charge in [-0.1, -0.05) is 26.0 Å². The molecule has 0 atom stereocenters. The standard InChI is InChI=1S/C16H26N2O/c1-11(2)18-10-16(19)17-7-6-15-9-13(4)12(3)8-14(15)5/h8-9,11,18H,6-7,10H2,1-5H3,(H,17,19). The second-order valence-electron chi connectivity index (χ2n) is 5.50. The first-order valence-electron chi connectivity index (χ1n) is 6.97. The van der Waals surface area contributed by atoms with Crippen molar-refractivity contribution in [1.29, 1.82) is 0 Å². The van der Waals surface area contributed by atoms with Crippen LogP contribution < -0.4 is 10.6 Å². The lowest BCUT2D eigenvalue weighted by Gasteiger charge is -2.11. The van der Waals surface area contributed by atoms with Crippen LogP contribution in [0.25, 0.3) is 0 Å². The number of aryl methyl sites for hydroxylation is 3. The summed E-state index contributed by atoms with van der Waals surface area (Å²) < 4.78 is 0. The molecule has 0 aliphatic carbocycles. The predicted molar refractivity (Wildman–Crippen MR) is 80.5 cm³/mol. The van der Waals surface area contributed by atoms with Crippen molar-refractivity contribution in [2.24, 2.45) is 0 Å². The van der Waals surface area contributed by atoms with E-state index in [9.17, 15) is 4.79 Å². The van der Waals surface area contributed by atoms with Crippen LogP contribution in [0.3, 0.4) is 0 Å². The molecule has 3 heteroatoms. The van der Waals surface area contributed by atoms with E-state index in [4.69, 9.17) is 0 Å². The SMILES string of the molecule is Cc1cc(C)c(CCNC(=O)CNC(C)C)cc1C. The van der Waals surface area contributed by atoms with E-state index in [0.717, 1.165) is 6.42 Å². The number of amides is 1. The molecule has 0 aliphatic rings. The molecule has 0 saturated carbocycles. The third-order valence-electron chi connectivity index (χ3n) is 3.34. The Morgan fingerprint density at radius 1 is 1.11 bits per heavy atom. The Bertz CT molecular complexity index is 439. The van der Waals surface area contributed by atoms with Gasteiger partial charge in [0.25, 0.3) is 0 Å². The first-order valence-corrected chi connectivity index (χ1v) is 6.97. The Morgan fingerprint density at radius 2 is 1.74 bits per heavy atom. The van der Waals surface area contributed by atoms with Gasteiger partial charge in [-0.2, -0.15) is 0 Å². The molecule has 19 heavy (non-hydrogen) atoms. The van der Waals surface area contributed by atoms with Crippen LogP contribution in [0.2, 0.25) is 0 Å². The first-order chi connectivity index (χ1) is 8.90. The van der Waals surface area contributed by atoms with Gasteiger partial charge in [-0.25, -0.2) is 0 Å². The average Bonchev–Trinajstić information content (AvgIpc) is 2.33. The van der Waals surface area contributed by atoms with E-state index in [2.05, 4.69) is 43.5 Å². The van der Waals surface area contributed by atoms with Crippen molar-refractivity contribution >= 4 is 5.91 Å². The van der Waals surface area contributed by atoms with Crippen LogP contribution in [0.1, 0.15) is 36.1 Å². The van der Waals surface area contributed by atoms with Crippen molar-refractivity contribution in [2.45, 2.75) is 47.1 Å². The van der Waals surface area contributed by atoms with E-state index in [-0.39, 0.29) is 5.91 Å². The summed E-state index contributed by atoms with van der Waals surface area (Å²) in [6, 6.07) is 4.78. The molecule has 0 bridgehead atoms. The molecule has 0 spiro atoms. The molecule has 0 heterocycles. The van der Waals surface area contributed by atoms with E-state index in [1.54, 1.807) is 0 Å². The highest BCUT2D eigenvalue weighted by Crippen LogP contribution is 2.15. The Morgan fingerprint density at radius 3 is 2.37 bits per heavy atom. The van der Waals surface area contributed by atoms with Crippen LogP contribution in [-0.4, -0.2) is 25.0 Å². The molecule has 1 aromatic carbocycles. The minimum atomic E-state index is 0.0650. The van der Waals surface area contributed by atoms with Crippen molar-refractivity contribution in [3.05, 3.63) is 34.4 Å². The van der Waals surface area contributed by atoms with Gasteiger partial charge in [0.1, 0.15) is 0 Å². The summed E-state index contributed by atoms with van der Waals surface area (Å²) >= 11 is 0. The zero-order chi connectivity index (χ0) is 14.4. The summed E-state index contributed by atoms with van der Waals surface area (Å²) in [6.45, 7) is 11.5. The Kier molecular flexibility index (Phi) is 6.03. The minimum Gasteiger partial charge on any atom is -0.355 e. The van der Waals surface area contributed by atoms with Gasteiger partial charge in [0, 0.05) is 12.6 Å². The molecule has 0 unspecified atom stereocenters. The molecule has 0 aliphatic heterocycles. The smallest absolute Gasteiger partial charge is 0.233 e. The van der Waals surface area contributed by atoms with Gasteiger partial charge < -0.3 is 10.6 Å². The maximum atomic E-state index is 11.6. The van der Waals surface area contributed by atoms with Crippen LogP contribution in [0.15, 0.2) is 12.1 Å². The third-order valence-corrected chi connectivity index (χ3v) is 3.34. The van der Waals surface area contributed by atoms with E-state index < -0.39 is 0 Å². The summed E-state index contributed by atoms with van der Waals surface area (Å²) in [6.07, 6.45) is 0.889. The highest BCUT2D eigenvalue weighted by molar-refractivity contribution is 5.78. The molecule has 0 saturated heterocycles. The molecule has 106 valence electrons. The van der Waals surface area contributed by atoms with Crippen molar-refractivity contribution in [1.82, 2.24) is 10.6 Å². The quantitative estimate of drug-likeness (QED) is 0.825. The molecular weight excluding hydrogens is 236 g/mol. The van der Waals surface area contributed by atoms with Crippen LogP contribution in [-0.2, 0) is 11.2 Å². The minimum absolute atomic E-state index is 0.0650. The molecule has 3 nitrogen and oxygen atoms in total. The second-order valence-corrected chi connectivity index (χ2v) is 5.50. The van der Waals surface area contributed by atoms with Crippen LogP contribution in [0.4, 0.5) is 0 Å². The molecule has 0 aromatic heterocycles. The topological polar surface area (TPSA) is 41.1 Å². The summed E-state index contributed by atoms with van der Waals surface area (Å²) in [5.41, 5.74) is 5.26. The monoisotopic (exact) mass is 262 g/mol. The zero-order valence-electron chi connectivity index (χ0n) is 12.8. The normalized spacial score (nSPS) is 10.8. The molecule has 0 fully saturated rings. The lowest BCUT2D eigenvalue weighted by molar-refractivity contribution is -0.120. The average molecular weight is 262 g/mol. The number of hydrogen-bond acceptors (Lipinski definition) is 2. The van der Waals surface area contributed by atoms with E-state index in [0.29, 0.717) is 19.1 Å². The lowest BCUT2D eigenvalue weighted by atomic mass is 9.99. The maximum Gasteiger partial charge on any atom is 0.233 e. The molecule has 1 aromatic rings. The van der Waals surface area contributed by atoms with Gasteiger partial charge in [0.05, 0.1) is 6.54 Å². The van der Waals surface area contributed by atoms with Gasteiger partial charge in [-0.3, -0.25) is 4.79 Å². The summed E-state index contributed by atoms with van der Waals surface area (Å²) in [5.74, 6) is 0.0650. The maximum absolute atomic E-state index is 11.6. The van der Waals surface area contributed by atoms with Gasteiger partial charge in [0.2, 0.25) is 5.91 Å². The number of carbonyl (C=O) groups is 1. The van der Waals surface area contributed by atoms with E-state index in [1.165, 1.54) is 22.3 Å². The van der Waals surface area contributed by atoms with Gasteiger partial charge in [-0.15, -0.1) is 0 Å². The second kappa shape index (κ2) is 7.29. The molecule has 2 N–H and O–H groups in total. The Labute approximate surface area is 116 Å². The predicted octanol–water partition coefficient (Wildman–Crippen LogP) is 2.27.